The summed E-state index contributed by atoms with van der Waals surface area (Å²) in [6.07, 6.45) is 0. The van der Waals surface area contributed by atoms with Crippen LogP contribution in [-0.2, 0) is 6.54 Å². The van der Waals surface area contributed by atoms with E-state index in [0.29, 0.717) is 0 Å². The first-order valence-electron chi connectivity index (χ1n) is 18.8. The van der Waals surface area contributed by atoms with E-state index in [2.05, 4.69) is 206 Å². The van der Waals surface area contributed by atoms with Gasteiger partial charge in [-0.15, -0.1) is 0 Å². The highest BCUT2D eigenvalue weighted by Gasteiger charge is 2.50. The van der Waals surface area contributed by atoms with Crippen molar-refractivity contribution in [3.8, 4) is 22.3 Å². The second-order valence-electron chi connectivity index (χ2n) is 14.6. The fourth-order valence-corrected chi connectivity index (χ4v) is 20.7. The van der Waals surface area contributed by atoms with Crippen LogP contribution in [0.3, 0.4) is 0 Å². The largest absolute Gasteiger partial charge is 0.341 e. The van der Waals surface area contributed by atoms with Gasteiger partial charge in [-0.3, -0.25) is 0 Å². The number of aryl methyl sites for hydroxylation is 1. The van der Waals surface area contributed by atoms with Crippen molar-refractivity contribution in [1.29, 1.82) is 0 Å². The van der Waals surface area contributed by atoms with Crippen molar-refractivity contribution < 1.29 is 0 Å². The van der Waals surface area contributed by atoms with Crippen molar-refractivity contribution in [3.63, 3.8) is 0 Å². The molecule has 53 heavy (non-hydrogen) atoms. The molecular weight excluding hydrogens is 671 g/mol. The summed E-state index contributed by atoms with van der Waals surface area (Å²) in [5.41, 5.74) is 8.14. The Morgan fingerprint density at radius 1 is 0.340 bits per heavy atom. The maximum Gasteiger partial charge on any atom is 0.180 e. The zero-order valence-electron chi connectivity index (χ0n) is 29.6. The summed E-state index contributed by atoms with van der Waals surface area (Å²) in [4.78, 5) is 0. The Hall–Kier alpha value is -6.01. The molecule has 0 bridgehead atoms. The maximum atomic E-state index is 2.60. The van der Waals surface area contributed by atoms with Gasteiger partial charge in [-0.1, -0.05) is 182 Å². The second kappa shape index (κ2) is 11.5. The molecule has 0 radical (unpaired) electrons. The standard InChI is InChI=1S/C50H37NSi2/c1-2-51-45-31-29-37(52(35-17-5-3-6-18-35)47-25-13-9-21-39(47)40-22-10-14-26-48(40)52)33-43(45)44-34-38(30-32-46(44)51)53(36-19-7-4-8-20-36)49-27-15-11-23-41(49)42-24-12-16-28-50(42)53/h3-34H,2H2,1H3. The van der Waals surface area contributed by atoms with Crippen LogP contribution in [0, 0.1) is 0 Å². The van der Waals surface area contributed by atoms with E-state index in [9.17, 15) is 0 Å². The highest BCUT2D eigenvalue weighted by molar-refractivity contribution is 7.23. The Morgan fingerprint density at radius 2 is 0.660 bits per heavy atom. The van der Waals surface area contributed by atoms with Gasteiger partial charge in [0.25, 0.3) is 0 Å². The summed E-state index contributed by atoms with van der Waals surface area (Å²) >= 11 is 0. The van der Waals surface area contributed by atoms with E-state index in [4.69, 9.17) is 0 Å². The van der Waals surface area contributed by atoms with Crippen molar-refractivity contribution in [1.82, 2.24) is 4.57 Å². The van der Waals surface area contributed by atoms with Gasteiger partial charge < -0.3 is 4.57 Å². The number of fused-ring (bicyclic) bond motifs is 9. The monoisotopic (exact) mass is 707 g/mol. The van der Waals surface area contributed by atoms with Crippen molar-refractivity contribution in [3.05, 3.63) is 194 Å². The highest BCUT2D eigenvalue weighted by atomic mass is 28.3. The minimum atomic E-state index is -2.63. The average Bonchev–Trinajstić information content (AvgIpc) is 3.83. The van der Waals surface area contributed by atoms with Crippen LogP contribution in [0.4, 0.5) is 0 Å². The first-order valence-corrected chi connectivity index (χ1v) is 22.8. The molecule has 8 aromatic carbocycles. The molecule has 0 saturated carbocycles. The molecule has 0 unspecified atom stereocenters. The van der Waals surface area contributed by atoms with Gasteiger partial charge >= 0.3 is 0 Å². The first kappa shape index (κ1) is 30.6. The Balaban J connectivity index is 1.24. The molecule has 2 aliphatic rings. The van der Waals surface area contributed by atoms with Crippen LogP contribution >= 0.6 is 0 Å². The fourth-order valence-electron chi connectivity index (χ4n) is 10.3. The van der Waals surface area contributed by atoms with Crippen LogP contribution in [0.15, 0.2) is 194 Å². The molecule has 0 saturated heterocycles. The Bertz CT molecular complexity index is 2600. The van der Waals surface area contributed by atoms with Crippen LogP contribution in [-0.4, -0.2) is 20.7 Å². The van der Waals surface area contributed by atoms with Crippen LogP contribution in [0.5, 0.6) is 0 Å². The number of benzene rings is 8. The SMILES string of the molecule is CCn1c2ccc([Si]3(c4ccccc4)c4ccccc4-c4ccccc43)cc2c2cc([Si]3(c4ccccc4)c4ccccc4-c4ccccc43)ccc21. The van der Waals surface area contributed by atoms with E-state index in [1.165, 1.54) is 85.6 Å². The van der Waals surface area contributed by atoms with Gasteiger partial charge in [-0.25, -0.2) is 0 Å². The zero-order chi connectivity index (χ0) is 35.1. The summed E-state index contributed by atoms with van der Waals surface area (Å²) in [6.45, 7) is 3.20. The summed E-state index contributed by atoms with van der Waals surface area (Å²) in [6, 6.07) is 74.5. The van der Waals surface area contributed by atoms with E-state index in [0.717, 1.165) is 6.54 Å². The predicted molar refractivity (Wildman–Crippen MR) is 230 cm³/mol. The molecule has 0 spiro atoms. The van der Waals surface area contributed by atoms with E-state index < -0.39 is 16.1 Å². The van der Waals surface area contributed by atoms with Gasteiger partial charge in [0.1, 0.15) is 0 Å². The number of aromatic nitrogens is 1. The molecule has 2 aliphatic heterocycles. The van der Waals surface area contributed by atoms with Crippen molar-refractivity contribution >= 4 is 79.4 Å². The van der Waals surface area contributed by atoms with Crippen LogP contribution in [0.1, 0.15) is 6.92 Å². The molecule has 0 atom stereocenters. The average molecular weight is 708 g/mol. The van der Waals surface area contributed by atoms with Crippen molar-refractivity contribution in [2.45, 2.75) is 13.5 Å². The first-order chi connectivity index (χ1) is 26.3. The molecule has 250 valence electrons. The quantitative estimate of drug-likeness (QED) is 0.180. The van der Waals surface area contributed by atoms with Gasteiger partial charge in [0.15, 0.2) is 16.1 Å². The number of hydrogen-bond acceptors (Lipinski definition) is 0. The third-order valence-electron chi connectivity index (χ3n) is 12.4. The van der Waals surface area contributed by atoms with Gasteiger partial charge in [0.2, 0.25) is 0 Å². The summed E-state index contributed by atoms with van der Waals surface area (Å²) < 4.78 is 2.53. The number of nitrogens with zero attached hydrogens (tertiary/aromatic N) is 1. The molecule has 0 amide bonds. The fraction of sp³-hybridized carbons (Fsp3) is 0.0400. The van der Waals surface area contributed by atoms with Crippen LogP contribution in [0.2, 0.25) is 0 Å². The lowest BCUT2D eigenvalue weighted by Crippen LogP contribution is -2.72. The van der Waals surface area contributed by atoms with Crippen LogP contribution < -0.4 is 41.5 Å². The number of hydrogen-bond donors (Lipinski definition) is 0. The lowest BCUT2D eigenvalue weighted by Gasteiger charge is -2.31. The molecule has 0 fully saturated rings. The predicted octanol–water partition coefficient (Wildman–Crippen LogP) is 6.53. The summed E-state index contributed by atoms with van der Waals surface area (Å²) in [5.74, 6) is 0. The van der Waals surface area contributed by atoms with Gasteiger partial charge in [-0.2, -0.15) is 0 Å². The van der Waals surface area contributed by atoms with Crippen LogP contribution in [0.25, 0.3) is 44.1 Å². The molecule has 0 aliphatic carbocycles. The molecular formula is C50H37NSi2. The van der Waals surface area contributed by atoms with Crippen molar-refractivity contribution in [2.75, 3.05) is 0 Å². The van der Waals surface area contributed by atoms with Crippen molar-refractivity contribution in [2.24, 2.45) is 0 Å². The van der Waals surface area contributed by atoms with E-state index in [-0.39, 0.29) is 0 Å². The molecule has 11 rings (SSSR count). The van der Waals surface area contributed by atoms with Gasteiger partial charge in [-0.05, 0) is 82.8 Å². The highest BCUT2D eigenvalue weighted by Crippen LogP contribution is 2.34. The third-order valence-corrected chi connectivity index (χ3v) is 22.1. The molecule has 0 N–H and O–H groups in total. The Labute approximate surface area is 312 Å². The lowest BCUT2D eigenvalue weighted by atomic mass is 10.1. The molecule has 1 aromatic heterocycles. The number of rotatable bonds is 5. The van der Waals surface area contributed by atoms with E-state index in [1.807, 2.05) is 0 Å². The zero-order valence-corrected chi connectivity index (χ0v) is 31.6. The van der Waals surface area contributed by atoms with E-state index in [1.54, 1.807) is 0 Å². The molecule has 9 aromatic rings. The summed E-state index contributed by atoms with van der Waals surface area (Å²) in [7, 11) is -5.27. The van der Waals surface area contributed by atoms with Gasteiger partial charge in [0.05, 0.1) is 0 Å². The Morgan fingerprint density at radius 3 is 1.00 bits per heavy atom. The minimum absolute atomic E-state index is 0.915. The topological polar surface area (TPSA) is 4.93 Å². The Kier molecular flexibility index (Phi) is 6.64. The smallest absolute Gasteiger partial charge is 0.180 e. The molecule has 3 heterocycles. The van der Waals surface area contributed by atoms with Gasteiger partial charge in [0, 0.05) is 28.4 Å². The minimum Gasteiger partial charge on any atom is -0.341 e. The summed E-state index contributed by atoms with van der Waals surface area (Å²) in [5, 5.41) is 14.4. The maximum absolute atomic E-state index is 2.63. The molecule has 3 heteroatoms. The lowest BCUT2D eigenvalue weighted by molar-refractivity contribution is 0.827. The third kappa shape index (κ3) is 3.96. The normalized spacial score (nSPS) is 14.5. The van der Waals surface area contributed by atoms with E-state index >= 15 is 0 Å². The second-order valence-corrected chi connectivity index (χ2v) is 22.1. The molecule has 1 nitrogen and oxygen atoms in total.